The number of hydrogen-bond acceptors (Lipinski definition) is 4. The molecule has 0 aliphatic carbocycles. The monoisotopic (exact) mass is 234 g/mol. The topological polar surface area (TPSA) is 73.1 Å². The van der Waals surface area contributed by atoms with Crippen LogP contribution in [0.4, 0.5) is 5.69 Å². The number of amides is 1. The van der Waals surface area contributed by atoms with Gasteiger partial charge in [-0.05, 0) is 13.0 Å². The van der Waals surface area contributed by atoms with Crippen molar-refractivity contribution in [2.45, 2.75) is 18.9 Å². The smallest absolute Gasteiger partial charge is 0.263 e. The fourth-order valence-electron chi connectivity index (χ4n) is 2.19. The highest BCUT2D eigenvalue weighted by molar-refractivity contribution is 6.08. The predicted octanol–water partition coefficient (Wildman–Crippen LogP) is 1.09. The van der Waals surface area contributed by atoms with Gasteiger partial charge in [-0.15, -0.1) is 0 Å². The van der Waals surface area contributed by atoms with E-state index in [1.54, 1.807) is 38.2 Å². The number of anilines is 1. The molecule has 0 fully saturated rings. The number of rotatable bonds is 2. The maximum absolute atomic E-state index is 12.1. The number of aliphatic hydroxyl groups is 1. The van der Waals surface area contributed by atoms with E-state index in [2.05, 4.69) is 5.16 Å². The van der Waals surface area contributed by atoms with Crippen LogP contribution in [0.15, 0.2) is 29.4 Å². The second-order valence-electron chi connectivity index (χ2n) is 4.25. The van der Waals surface area contributed by atoms with E-state index < -0.39 is 11.5 Å². The van der Waals surface area contributed by atoms with Crippen molar-refractivity contribution in [1.29, 1.82) is 0 Å². The third-order valence-electron chi connectivity index (χ3n) is 3.05. The Morgan fingerprint density at radius 3 is 2.76 bits per heavy atom. The Labute approximate surface area is 99.0 Å². The first-order valence-electron chi connectivity index (χ1n) is 5.28. The van der Waals surface area contributed by atoms with Crippen LogP contribution >= 0.6 is 0 Å². The largest absolute Gasteiger partial charge is 0.411 e. The minimum absolute atomic E-state index is 0.0102. The normalized spacial score (nSPS) is 24.1. The molecular formula is C12H14N2O3. The molecule has 2 rings (SSSR count). The van der Waals surface area contributed by atoms with Crippen LogP contribution in [0.5, 0.6) is 0 Å². The summed E-state index contributed by atoms with van der Waals surface area (Å²) in [6.07, 6.45) is -0.0102. The number of carbonyl (C=O) groups is 1. The van der Waals surface area contributed by atoms with E-state index in [-0.39, 0.29) is 6.42 Å². The fourth-order valence-corrected chi connectivity index (χ4v) is 2.19. The highest BCUT2D eigenvalue weighted by Crippen LogP contribution is 2.41. The number of para-hydroxylation sites is 1. The van der Waals surface area contributed by atoms with E-state index in [1.807, 2.05) is 0 Å². The molecule has 1 amide bonds. The van der Waals surface area contributed by atoms with Crippen LogP contribution < -0.4 is 4.90 Å². The lowest BCUT2D eigenvalue weighted by Gasteiger charge is -2.21. The average Bonchev–Trinajstić information content (AvgIpc) is 2.53. The van der Waals surface area contributed by atoms with Crippen LogP contribution in [0.3, 0.4) is 0 Å². The van der Waals surface area contributed by atoms with E-state index in [0.29, 0.717) is 17.0 Å². The summed E-state index contributed by atoms with van der Waals surface area (Å²) in [5.41, 5.74) is -0.0750. The van der Waals surface area contributed by atoms with Gasteiger partial charge >= 0.3 is 0 Å². The van der Waals surface area contributed by atoms with Crippen LogP contribution in [0.1, 0.15) is 18.9 Å². The van der Waals surface area contributed by atoms with Gasteiger partial charge < -0.3 is 15.2 Å². The summed E-state index contributed by atoms with van der Waals surface area (Å²) in [5, 5.41) is 22.2. The molecule has 0 spiro atoms. The summed E-state index contributed by atoms with van der Waals surface area (Å²) in [4.78, 5) is 13.5. The third-order valence-corrected chi connectivity index (χ3v) is 3.05. The Morgan fingerprint density at radius 1 is 1.47 bits per heavy atom. The van der Waals surface area contributed by atoms with Gasteiger partial charge in [0.15, 0.2) is 5.60 Å². The molecule has 0 radical (unpaired) electrons. The molecule has 1 atom stereocenters. The molecule has 1 aliphatic rings. The molecule has 5 heteroatoms. The minimum atomic E-state index is -1.62. The Morgan fingerprint density at radius 2 is 2.12 bits per heavy atom. The Hall–Kier alpha value is -1.88. The van der Waals surface area contributed by atoms with Crippen molar-refractivity contribution in [1.82, 2.24) is 0 Å². The zero-order valence-corrected chi connectivity index (χ0v) is 9.71. The van der Waals surface area contributed by atoms with Crippen LogP contribution in [-0.4, -0.2) is 29.0 Å². The van der Waals surface area contributed by atoms with Gasteiger partial charge in [-0.25, -0.2) is 0 Å². The van der Waals surface area contributed by atoms with Gasteiger partial charge in [0.25, 0.3) is 5.91 Å². The van der Waals surface area contributed by atoms with Crippen molar-refractivity contribution in [3.63, 3.8) is 0 Å². The van der Waals surface area contributed by atoms with Gasteiger partial charge in [-0.3, -0.25) is 4.79 Å². The Balaban J connectivity index is 2.52. The standard InChI is InChI=1S/C12H14N2O3/c1-8(13-17)7-12(16)9-5-3-4-6-10(9)14(2)11(12)15/h3-6,16-17H,7H2,1-2H3/b13-8+/t12-/m1/s1. The molecule has 0 aromatic heterocycles. The predicted molar refractivity (Wildman–Crippen MR) is 63.3 cm³/mol. The van der Waals surface area contributed by atoms with E-state index >= 15 is 0 Å². The van der Waals surface area contributed by atoms with Crippen LogP contribution in [0.25, 0.3) is 0 Å². The van der Waals surface area contributed by atoms with E-state index in [9.17, 15) is 9.90 Å². The van der Waals surface area contributed by atoms with Crippen molar-refractivity contribution >= 4 is 17.3 Å². The maximum Gasteiger partial charge on any atom is 0.263 e. The number of benzene rings is 1. The Kier molecular flexibility index (Phi) is 2.63. The van der Waals surface area contributed by atoms with Gasteiger partial charge in [0, 0.05) is 19.0 Å². The molecule has 2 N–H and O–H groups in total. The third kappa shape index (κ3) is 1.59. The number of oxime groups is 1. The first-order valence-corrected chi connectivity index (χ1v) is 5.28. The van der Waals surface area contributed by atoms with E-state index in [0.717, 1.165) is 0 Å². The highest BCUT2D eigenvalue weighted by atomic mass is 16.4. The van der Waals surface area contributed by atoms with Gasteiger partial charge in [-0.1, -0.05) is 23.4 Å². The number of likely N-dealkylation sites (N-methyl/N-ethyl adjacent to an activating group) is 1. The summed E-state index contributed by atoms with van der Waals surface area (Å²) in [6.45, 7) is 1.56. The molecule has 1 aromatic rings. The number of hydrogen-bond donors (Lipinski definition) is 2. The van der Waals surface area contributed by atoms with Crippen LogP contribution in [-0.2, 0) is 10.4 Å². The molecule has 0 saturated carbocycles. The molecule has 5 nitrogen and oxygen atoms in total. The maximum atomic E-state index is 12.1. The lowest BCUT2D eigenvalue weighted by atomic mass is 9.90. The summed E-state index contributed by atoms with van der Waals surface area (Å²) in [5.74, 6) is -0.401. The molecule has 0 unspecified atom stereocenters. The quantitative estimate of drug-likeness (QED) is 0.457. The first-order chi connectivity index (χ1) is 8.00. The second-order valence-corrected chi connectivity index (χ2v) is 4.25. The number of carbonyl (C=O) groups excluding carboxylic acids is 1. The first kappa shape index (κ1) is 11.6. The van der Waals surface area contributed by atoms with Crippen molar-refractivity contribution in [3.8, 4) is 0 Å². The van der Waals surface area contributed by atoms with Crippen LogP contribution in [0, 0.1) is 0 Å². The van der Waals surface area contributed by atoms with Crippen molar-refractivity contribution in [2.24, 2.45) is 5.16 Å². The minimum Gasteiger partial charge on any atom is -0.411 e. The number of fused-ring (bicyclic) bond motifs is 1. The SMILES string of the molecule is C/C(C[C@]1(O)C(=O)N(C)c2ccccc21)=N\O. The van der Waals surface area contributed by atoms with E-state index in [1.165, 1.54) is 4.90 Å². The highest BCUT2D eigenvalue weighted by Gasteiger charge is 2.48. The average molecular weight is 234 g/mol. The van der Waals surface area contributed by atoms with Crippen LogP contribution in [0.2, 0.25) is 0 Å². The van der Waals surface area contributed by atoms with Gasteiger partial charge in [-0.2, -0.15) is 0 Å². The van der Waals surface area contributed by atoms with Crippen molar-refractivity contribution in [3.05, 3.63) is 29.8 Å². The summed E-state index contributed by atoms with van der Waals surface area (Å²) < 4.78 is 0. The number of nitrogens with zero attached hydrogens (tertiary/aromatic N) is 2. The molecule has 17 heavy (non-hydrogen) atoms. The van der Waals surface area contributed by atoms with Gasteiger partial charge in [0.1, 0.15) is 0 Å². The van der Waals surface area contributed by atoms with Gasteiger partial charge in [0.2, 0.25) is 0 Å². The Bertz CT molecular complexity index is 498. The van der Waals surface area contributed by atoms with Crippen molar-refractivity contribution in [2.75, 3.05) is 11.9 Å². The molecule has 1 aliphatic heterocycles. The molecule has 0 bridgehead atoms. The fraction of sp³-hybridized carbons (Fsp3) is 0.333. The molecule has 1 aromatic carbocycles. The summed E-state index contributed by atoms with van der Waals surface area (Å²) in [7, 11) is 1.62. The molecule has 0 saturated heterocycles. The zero-order chi connectivity index (χ0) is 12.6. The summed E-state index contributed by atoms with van der Waals surface area (Å²) in [6, 6.07) is 7.06. The zero-order valence-electron chi connectivity index (χ0n) is 9.71. The van der Waals surface area contributed by atoms with Crippen molar-refractivity contribution < 1.29 is 15.1 Å². The summed E-state index contributed by atoms with van der Waals surface area (Å²) >= 11 is 0. The molecule has 90 valence electrons. The molecule has 1 heterocycles. The second kappa shape index (κ2) is 3.85. The lowest BCUT2D eigenvalue weighted by Crippen LogP contribution is -2.39. The van der Waals surface area contributed by atoms with E-state index in [4.69, 9.17) is 5.21 Å². The lowest BCUT2D eigenvalue weighted by molar-refractivity contribution is -0.135. The molecular weight excluding hydrogens is 220 g/mol. The van der Waals surface area contributed by atoms with Gasteiger partial charge in [0.05, 0.1) is 11.4 Å².